The third-order valence-electron chi connectivity index (χ3n) is 4.81. The van der Waals surface area contributed by atoms with Crippen LogP contribution in [0.5, 0.6) is 0 Å². The minimum atomic E-state index is -0.0617. The van der Waals surface area contributed by atoms with Crippen LogP contribution in [-0.2, 0) is 6.54 Å². The van der Waals surface area contributed by atoms with Crippen molar-refractivity contribution in [1.29, 1.82) is 0 Å². The normalized spacial score (nSPS) is 16.8. The highest BCUT2D eigenvalue weighted by Gasteiger charge is 2.21. The maximum Gasteiger partial charge on any atom is 0.255 e. The molecule has 27 heavy (non-hydrogen) atoms. The predicted molar refractivity (Wildman–Crippen MR) is 106 cm³/mol. The highest BCUT2D eigenvalue weighted by molar-refractivity contribution is 5.93. The third kappa shape index (κ3) is 4.80. The Morgan fingerprint density at radius 2 is 2.07 bits per heavy atom. The van der Waals surface area contributed by atoms with Gasteiger partial charge < -0.3 is 15.1 Å². The molecule has 1 saturated heterocycles. The van der Waals surface area contributed by atoms with Crippen LogP contribution >= 0.6 is 0 Å². The van der Waals surface area contributed by atoms with E-state index in [1.807, 2.05) is 44.1 Å². The number of hydrogen-bond acceptors (Lipinski definition) is 6. The molecule has 3 heterocycles. The lowest BCUT2D eigenvalue weighted by atomic mass is 9.99. The van der Waals surface area contributed by atoms with Crippen LogP contribution in [0, 0.1) is 6.92 Å². The Hall–Kier alpha value is -2.54. The van der Waals surface area contributed by atoms with E-state index in [1.165, 1.54) is 0 Å². The van der Waals surface area contributed by atoms with Crippen LogP contribution in [0.1, 0.15) is 46.3 Å². The summed E-state index contributed by atoms with van der Waals surface area (Å²) < 4.78 is 0. The smallest absolute Gasteiger partial charge is 0.255 e. The third-order valence-corrected chi connectivity index (χ3v) is 4.81. The Kier molecular flexibility index (Phi) is 6.01. The summed E-state index contributed by atoms with van der Waals surface area (Å²) in [5.74, 6) is 1.99. The molecule has 1 aliphatic heterocycles. The summed E-state index contributed by atoms with van der Waals surface area (Å²) in [7, 11) is 5.74. The van der Waals surface area contributed by atoms with Gasteiger partial charge in [-0.1, -0.05) is 0 Å². The molecular formula is C20H28N6O. The van der Waals surface area contributed by atoms with Crippen LogP contribution in [0.4, 0.5) is 5.82 Å². The first-order chi connectivity index (χ1) is 12.9. The van der Waals surface area contributed by atoms with Gasteiger partial charge in [-0.3, -0.25) is 9.78 Å². The molecule has 2 aromatic heterocycles. The Morgan fingerprint density at radius 1 is 1.26 bits per heavy atom. The summed E-state index contributed by atoms with van der Waals surface area (Å²) in [6.07, 6.45) is 3.85. The van der Waals surface area contributed by atoms with Gasteiger partial charge in [0.15, 0.2) is 0 Å². The van der Waals surface area contributed by atoms with Crippen LogP contribution in [0.3, 0.4) is 0 Å². The van der Waals surface area contributed by atoms with Gasteiger partial charge in [-0.15, -0.1) is 0 Å². The zero-order chi connectivity index (χ0) is 19.4. The van der Waals surface area contributed by atoms with Crippen LogP contribution < -0.4 is 10.2 Å². The van der Waals surface area contributed by atoms with Gasteiger partial charge in [0, 0.05) is 51.6 Å². The van der Waals surface area contributed by atoms with Gasteiger partial charge in [0.05, 0.1) is 17.8 Å². The highest BCUT2D eigenvalue weighted by atomic mass is 16.2. The van der Waals surface area contributed by atoms with Crippen molar-refractivity contribution in [2.75, 3.05) is 39.1 Å². The van der Waals surface area contributed by atoms with Crippen molar-refractivity contribution < 1.29 is 4.79 Å². The van der Waals surface area contributed by atoms with E-state index >= 15 is 0 Å². The number of carbonyl (C=O) groups is 1. The van der Waals surface area contributed by atoms with Gasteiger partial charge >= 0.3 is 0 Å². The lowest BCUT2D eigenvalue weighted by Gasteiger charge is -2.24. The molecule has 1 amide bonds. The van der Waals surface area contributed by atoms with Gasteiger partial charge in [-0.05, 0) is 38.4 Å². The van der Waals surface area contributed by atoms with E-state index in [0.29, 0.717) is 18.0 Å². The average Bonchev–Trinajstić information content (AvgIpc) is 2.68. The van der Waals surface area contributed by atoms with E-state index in [9.17, 15) is 4.79 Å². The van der Waals surface area contributed by atoms with Gasteiger partial charge in [0.1, 0.15) is 11.6 Å². The molecule has 7 nitrogen and oxygen atoms in total. The first kappa shape index (κ1) is 19.2. The van der Waals surface area contributed by atoms with Crippen molar-refractivity contribution in [2.45, 2.75) is 32.2 Å². The summed E-state index contributed by atoms with van der Waals surface area (Å²) >= 11 is 0. The quantitative estimate of drug-likeness (QED) is 0.870. The maximum atomic E-state index is 12.7. The molecule has 7 heteroatoms. The van der Waals surface area contributed by atoms with E-state index in [-0.39, 0.29) is 5.91 Å². The van der Waals surface area contributed by atoms with Gasteiger partial charge in [0.2, 0.25) is 0 Å². The van der Waals surface area contributed by atoms with E-state index in [4.69, 9.17) is 9.97 Å². The first-order valence-electron chi connectivity index (χ1n) is 9.38. The Morgan fingerprint density at radius 3 is 2.70 bits per heavy atom. The molecule has 1 unspecified atom stereocenters. The van der Waals surface area contributed by atoms with Gasteiger partial charge in [-0.25, -0.2) is 9.97 Å². The van der Waals surface area contributed by atoms with Gasteiger partial charge in [0.25, 0.3) is 5.91 Å². The Balaban J connectivity index is 1.80. The number of rotatable bonds is 5. The summed E-state index contributed by atoms with van der Waals surface area (Å²) in [6.45, 7) is 4.30. The van der Waals surface area contributed by atoms with E-state index in [2.05, 4.69) is 10.3 Å². The van der Waals surface area contributed by atoms with Crippen molar-refractivity contribution in [3.8, 4) is 0 Å². The number of nitrogens with one attached hydrogen (secondary N) is 1. The molecule has 0 saturated carbocycles. The molecule has 0 aliphatic carbocycles. The van der Waals surface area contributed by atoms with E-state index in [1.54, 1.807) is 18.1 Å². The number of amides is 1. The molecule has 0 spiro atoms. The molecular weight excluding hydrogens is 340 g/mol. The Labute approximate surface area is 160 Å². The lowest BCUT2D eigenvalue weighted by Crippen LogP contribution is -2.31. The molecule has 2 aromatic rings. The number of nitrogens with zero attached hydrogens (tertiary/aromatic N) is 5. The Bertz CT molecular complexity index is 784. The standard InChI is InChI=1S/C20H28N6O/c1-14-7-8-16(12-22-14)20(27)26(4)13-17-10-18(25(2)3)24-19(23-17)15-6-5-9-21-11-15/h7-8,10,12,15,21H,5-6,9,11,13H2,1-4H3. The van der Waals surface area contributed by atoms with Crippen LogP contribution in [-0.4, -0.2) is 60.0 Å². The number of aromatic nitrogens is 3. The van der Waals surface area contributed by atoms with Crippen molar-refractivity contribution in [1.82, 2.24) is 25.2 Å². The second-order valence-electron chi connectivity index (χ2n) is 7.36. The lowest BCUT2D eigenvalue weighted by molar-refractivity contribution is 0.0783. The van der Waals surface area contributed by atoms with Gasteiger partial charge in [-0.2, -0.15) is 0 Å². The molecule has 1 N–H and O–H groups in total. The topological polar surface area (TPSA) is 74.2 Å². The van der Waals surface area contributed by atoms with E-state index in [0.717, 1.165) is 49.0 Å². The molecule has 3 rings (SSSR count). The van der Waals surface area contributed by atoms with Crippen molar-refractivity contribution in [3.63, 3.8) is 0 Å². The fourth-order valence-corrected chi connectivity index (χ4v) is 3.20. The first-order valence-corrected chi connectivity index (χ1v) is 9.38. The number of hydrogen-bond donors (Lipinski definition) is 1. The SMILES string of the molecule is Cc1ccc(C(=O)N(C)Cc2cc(N(C)C)nc(C3CCCNC3)n2)cn1. The number of anilines is 1. The molecule has 1 atom stereocenters. The van der Waals surface area contributed by atoms with Crippen LogP contribution in [0.15, 0.2) is 24.4 Å². The van der Waals surface area contributed by atoms with Crippen molar-refractivity contribution >= 4 is 11.7 Å². The van der Waals surface area contributed by atoms with Crippen molar-refractivity contribution in [3.05, 3.63) is 47.2 Å². The zero-order valence-electron chi connectivity index (χ0n) is 16.6. The van der Waals surface area contributed by atoms with E-state index < -0.39 is 0 Å². The summed E-state index contributed by atoms with van der Waals surface area (Å²) in [5.41, 5.74) is 2.33. The highest BCUT2D eigenvalue weighted by Crippen LogP contribution is 2.23. The second kappa shape index (κ2) is 8.43. The predicted octanol–water partition coefficient (Wildman–Crippen LogP) is 1.99. The van der Waals surface area contributed by atoms with Crippen molar-refractivity contribution in [2.24, 2.45) is 0 Å². The minimum absolute atomic E-state index is 0.0617. The summed E-state index contributed by atoms with van der Waals surface area (Å²) in [5, 5.41) is 3.42. The molecule has 0 radical (unpaired) electrons. The number of pyridine rings is 1. The second-order valence-corrected chi connectivity index (χ2v) is 7.36. The molecule has 0 bridgehead atoms. The average molecular weight is 368 g/mol. The molecule has 144 valence electrons. The largest absolute Gasteiger partial charge is 0.363 e. The molecule has 0 aromatic carbocycles. The fourth-order valence-electron chi connectivity index (χ4n) is 3.20. The number of carbonyl (C=O) groups excluding carboxylic acids is 1. The maximum absolute atomic E-state index is 12.7. The summed E-state index contributed by atoms with van der Waals surface area (Å²) in [4.78, 5) is 30.1. The number of aryl methyl sites for hydroxylation is 1. The molecule has 1 aliphatic rings. The fraction of sp³-hybridized carbons (Fsp3) is 0.500. The summed E-state index contributed by atoms with van der Waals surface area (Å²) in [6, 6.07) is 5.62. The molecule has 1 fully saturated rings. The monoisotopic (exact) mass is 368 g/mol. The minimum Gasteiger partial charge on any atom is -0.363 e. The van der Waals surface area contributed by atoms with Crippen LogP contribution in [0.2, 0.25) is 0 Å². The zero-order valence-corrected chi connectivity index (χ0v) is 16.6. The van der Waals surface area contributed by atoms with Crippen LogP contribution in [0.25, 0.3) is 0 Å². The number of piperidine rings is 1.